The standard InChI is InChI=1S/C18H23N5O/c1-5-17-20-15-7-6-14(10-16(15)21-17)19-18(24)8-9-23-13(4)11(2)12(3)22-23/h6-7,10H,5,8-9H2,1-4H3,(H,19,24)(H,20,21). The van der Waals surface area contributed by atoms with Gasteiger partial charge in [0.05, 0.1) is 16.7 Å². The summed E-state index contributed by atoms with van der Waals surface area (Å²) >= 11 is 0. The molecule has 0 saturated heterocycles. The number of fused-ring (bicyclic) bond motifs is 1. The zero-order valence-electron chi connectivity index (χ0n) is 14.6. The molecule has 24 heavy (non-hydrogen) atoms. The van der Waals surface area contributed by atoms with Crippen LogP contribution in [0.25, 0.3) is 11.0 Å². The predicted molar refractivity (Wildman–Crippen MR) is 95.2 cm³/mol. The molecule has 126 valence electrons. The van der Waals surface area contributed by atoms with Crippen molar-refractivity contribution in [2.45, 2.75) is 47.1 Å². The average Bonchev–Trinajstić information content (AvgIpc) is 3.08. The molecule has 0 atom stereocenters. The smallest absolute Gasteiger partial charge is 0.226 e. The molecule has 0 aliphatic heterocycles. The van der Waals surface area contributed by atoms with Crippen molar-refractivity contribution in [3.05, 3.63) is 41.0 Å². The summed E-state index contributed by atoms with van der Waals surface area (Å²) in [6.07, 6.45) is 1.25. The van der Waals surface area contributed by atoms with Crippen LogP contribution in [0.15, 0.2) is 18.2 Å². The molecule has 1 amide bonds. The van der Waals surface area contributed by atoms with Crippen molar-refractivity contribution in [1.82, 2.24) is 19.7 Å². The van der Waals surface area contributed by atoms with Crippen LogP contribution in [0.4, 0.5) is 5.69 Å². The molecule has 3 aromatic rings. The molecule has 6 nitrogen and oxygen atoms in total. The molecule has 0 saturated carbocycles. The Morgan fingerprint density at radius 2 is 2.08 bits per heavy atom. The quantitative estimate of drug-likeness (QED) is 0.756. The van der Waals surface area contributed by atoms with E-state index in [4.69, 9.17) is 0 Å². The molecule has 0 spiro atoms. The number of H-pyrrole nitrogens is 1. The van der Waals surface area contributed by atoms with Gasteiger partial charge in [-0.25, -0.2) is 4.98 Å². The molecule has 3 rings (SSSR count). The van der Waals surface area contributed by atoms with Crippen LogP contribution in [0.2, 0.25) is 0 Å². The Labute approximate surface area is 141 Å². The van der Waals surface area contributed by atoms with Crippen molar-refractivity contribution in [2.24, 2.45) is 0 Å². The Morgan fingerprint density at radius 1 is 1.29 bits per heavy atom. The monoisotopic (exact) mass is 325 g/mol. The Balaban J connectivity index is 1.65. The lowest BCUT2D eigenvalue weighted by atomic mass is 10.2. The number of aromatic amines is 1. The van der Waals surface area contributed by atoms with Crippen molar-refractivity contribution >= 4 is 22.6 Å². The van der Waals surface area contributed by atoms with Gasteiger partial charge in [0.25, 0.3) is 0 Å². The van der Waals surface area contributed by atoms with Gasteiger partial charge in [0.15, 0.2) is 0 Å². The second-order valence-corrected chi connectivity index (χ2v) is 6.09. The van der Waals surface area contributed by atoms with Crippen molar-refractivity contribution in [3.63, 3.8) is 0 Å². The van der Waals surface area contributed by atoms with Crippen LogP contribution in [-0.2, 0) is 17.8 Å². The predicted octanol–water partition coefficient (Wildman–Crippen LogP) is 3.28. The maximum atomic E-state index is 12.2. The summed E-state index contributed by atoms with van der Waals surface area (Å²) in [6, 6.07) is 5.73. The van der Waals surface area contributed by atoms with Gasteiger partial charge in [-0.3, -0.25) is 9.48 Å². The van der Waals surface area contributed by atoms with Crippen LogP contribution in [0.5, 0.6) is 0 Å². The number of carbonyl (C=O) groups is 1. The second-order valence-electron chi connectivity index (χ2n) is 6.09. The number of hydrogen-bond acceptors (Lipinski definition) is 3. The number of imidazole rings is 1. The first-order chi connectivity index (χ1) is 11.5. The first kappa shape index (κ1) is 16.2. The summed E-state index contributed by atoms with van der Waals surface area (Å²) in [5, 5.41) is 7.41. The van der Waals surface area contributed by atoms with E-state index in [-0.39, 0.29) is 5.91 Å². The lowest BCUT2D eigenvalue weighted by Gasteiger charge is -2.07. The van der Waals surface area contributed by atoms with E-state index in [0.29, 0.717) is 13.0 Å². The Hall–Kier alpha value is -2.63. The number of rotatable bonds is 5. The second kappa shape index (κ2) is 6.47. The first-order valence-corrected chi connectivity index (χ1v) is 8.27. The van der Waals surface area contributed by atoms with Gasteiger partial charge < -0.3 is 10.3 Å². The minimum atomic E-state index is -0.0187. The fraction of sp³-hybridized carbons (Fsp3) is 0.389. The molecule has 1 aromatic carbocycles. The van der Waals surface area contributed by atoms with Crippen LogP contribution >= 0.6 is 0 Å². The number of aryl methyl sites for hydroxylation is 3. The van der Waals surface area contributed by atoms with E-state index in [1.165, 1.54) is 5.56 Å². The number of nitrogens with one attached hydrogen (secondary N) is 2. The number of anilines is 1. The van der Waals surface area contributed by atoms with E-state index in [1.807, 2.05) is 36.7 Å². The van der Waals surface area contributed by atoms with E-state index in [2.05, 4.69) is 34.2 Å². The fourth-order valence-electron chi connectivity index (χ4n) is 2.74. The molecule has 0 radical (unpaired) electrons. The Bertz CT molecular complexity index is 890. The third-order valence-electron chi connectivity index (χ3n) is 4.44. The van der Waals surface area contributed by atoms with Crippen molar-refractivity contribution in [3.8, 4) is 0 Å². The van der Waals surface area contributed by atoms with Gasteiger partial charge in [0.1, 0.15) is 5.82 Å². The number of nitrogens with zero attached hydrogens (tertiary/aromatic N) is 3. The van der Waals surface area contributed by atoms with Crippen LogP contribution < -0.4 is 5.32 Å². The Morgan fingerprint density at radius 3 is 2.75 bits per heavy atom. The lowest BCUT2D eigenvalue weighted by Crippen LogP contribution is -2.15. The molecule has 0 aliphatic carbocycles. The zero-order valence-corrected chi connectivity index (χ0v) is 14.6. The Kier molecular flexibility index (Phi) is 4.38. The van der Waals surface area contributed by atoms with Gasteiger partial charge in [-0.1, -0.05) is 6.92 Å². The van der Waals surface area contributed by atoms with Crippen LogP contribution in [0.1, 0.15) is 36.1 Å². The molecule has 2 aromatic heterocycles. The number of amides is 1. The van der Waals surface area contributed by atoms with Gasteiger partial charge in [0, 0.05) is 30.8 Å². The number of aromatic nitrogens is 4. The summed E-state index contributed by atoms with van der Waals surface area (Å²) in [5.74, 6) is 0.933. The summed E-state index contributed by atoms with van der Waals surface area (Å²) in [5.41, 5.74) is 5.97. The van der Waals surface area contributed by atoms with Gasteiger partial charge >= 0.3 is 0 Å². The maximum absolute atomic E-state index is 12.2. The van der Waals surface area contributed by atoms with E-state index in [0.717, 1.165) is 40.4 Å². The minimum absolute atomic E-state index is 0.0187. The fourth-order valence-corrected chi connectivity index (χ4v) is 2.74. The van der Waals surface area contributed by atoms with Gasteiger partial charge in [-0.05, 0) is 44.5 Å². The zero-order chi connectivity index (χ0) is 17.3. The van der Waals surface area contributed by atoms with E-state index >= 15 is 0 Å². The van der Waals surface area contributed by atoms with Crippen LogP contribution in [0, 0.1) is 20.8 Å². The van der Waals surface area contributed by atoms with E-state index in [1.54, 1.807) is 0 Å². The summed E-state index contributed by atoms with van der Waals surface area (Å²) in [7, 11) is 0. The van der Waals surface area contributed by atoms with E-state index in [9.17, 15) is 4.79 Å². The largest absolute Gasteiger partial charge is 0.342 e. The molecular weight excluding hydrogens is 302 g/mol. The molecule has 2 heterocycles. The van der Waals surface area contributed by atoms with E-state index < -0.39 is 0 Å². The topological polar surface area (TPSA) is 75.6 Å². The third-order valence-corrected chi connectivity index (χ3v) is 4.44. The summed E-state index contributed by atoms with van der Waals surface area (Å²) in [6.45, 7) is 8.71. The number of carbonyl (C=O) groups excluding carboxylic acids is 1. The lowest BCUT2D eigenvalue weighted by molar-refractivity contribution is -0.116. The molecule has 2 N–H and O–H groups in total. The highest BCUT2D eigenvalue weighted by Crippen LogP contribution is 2.18. The number of hydrogen-bond donors (Lipinski definition) is 2. The molecule has 0 unspecified atom stereocenters. The average molecular weight is 325 g/mol. The molecule has 0 aliphatic rings. The SMILES string of the molecule is CCc1nc2ccc(NC(=O)CCn3nc(C)c(C)c3C)cc2[nH]1. The number of benzene rings is 1. The van der Waals surface area contributed by atoms with Crippen LogP contribution in [0.3, 0.4) is 0 Å². The summed E-state index contributed by atoms with van der Waals surface area (Å²) < 4.78 is 1.90. The molecule has 6 heteroatoms. The molecular formula is C18H23N5O. The molecule has 0 fully saturated rings. The maximum Gasteiger partial charge on any atom is 0.226 e. The molecule has 0 bridgehead atoms. The highest BCUT2D eigenvalue weighted by molar-refractivity contribution is 5.93. The summed E-state index contributed by atoms with van der Waals surface area (Å²) in [4.78, 5) is 19.9. The highest BCUT2D eigenvalue weighted by atomic mass is 16.1. The van der Waals surface area contributed by atoms with Crippen molar-refractivity contribution in [1.29, 1.82) is 0 Å². The van der Waals surface area contributed by atoms with Gasteiger partial charge in [-0.15, -0.1) is 0 Å². The van der Waals surface area contributed by atoms with Gasteiger partial charge in [0.2, 0.25) is 5.91 Å². The first-order valence-electron chi connectivity index (χ1n) is 8.27. The minimum Gasteiger partial charge on any atom is -0.342 e. The van der Waals surface area contributed by atoms with Crippen molar-refractivity contribution < 1.29 is 4.79 Å². The van der Waals surface area contributed by atoms with Crippen LogP contribution in [-0.4, -0.2) is 25.7 Å². The third kappa shape index (κ3) is 3.18. The highest BCUT2D eigenvalue weighted by Gasteiger charge is 2.10. The van der Waals surface area contributed by atoms with Gasteiger partial charge in [-0.2, -0.15) is 5.10 Å². The normalized spacial score (nSPS) is 11.2. The van der Waals surface area contributed by atoms with Crippen molar-refractivity contribution in [2.75, 3.05) is 5.32 Å².